The van der Waals surface area contributed by atoms with Gasteiger partial charge in [-0.1, -0.05) is 48.5 Å². The van der Waals surface area contributed by atoms with E-state index in [0.29, 0.717) is 19.8 Å². The van der Waals surface area contributed by atoms with E-state index in [4.69, 9.17) is 15.2 Å². The smallest absolute Gasteiger partial charge is 0.237 e. The van der Waals surface area contributed by atoms with E-state index in [0.717, 1.165) is 41.7 Å². The van der Waals surface area contributed by atoms with E-state index in [2.05, 4.69) is 23.5 Å². The number of carbonyl (C=O) groups is 1. The molecule has 0 radical (unpaired) electrons. The summed E-state index contributed by atoms with van der Waals surface area (Å²) in [6, 6.07) is 15.7. The van der Waals surface area contributed by atoms with Crippen LogP contribution in [-0.4, -0.2) is 31.8 Å². The monoisotopic (exact) mass is 402 g/mol. The van der Waals surface area contributed by atoms with Gasteiger partial charge in [0, 0.05) is 30.8 Å². The molecule has 2 aliphatic heterocycles. The molecule has 1 amide bonds. The molecule has 2 aliphatic rings. The minimum Gasteiger partial charge on any atom is -0.492 e. The van der Waals surface area contributed by atoms with Gasteiger partial charge in [0.25, 0.3) is 0 Å². The molecule has 6 heteroatoms. The Labute approximate surface area is 172 Å². The zero-order valence-electron chi connectivity index (χ0n) is 15.8. The van der Waals surface area contributed by atoms with Crippen LogP contribution in [0.4, 0.5) is 0 Å². The van der Waals surface area contributed by atoms with Gasteiger partial charge in [0.05, 0.1) is 18.7 Å². The van der Waals surface area contributed by atoms with Crippen molar-refractivity contribution in [3.05, 3.63) is 54.1 Å². The van der Waals surface area contributed by atoms with Crippen molar-refractivity contribution in [3.8, 4) is 16.9 Å². The normalized spacial score (nSPS) is 20.2. The summed E-state index contributed by atoms with van der Waals surface area (Å²) in [6.45, 7) is 1.95. The van der Waals surface area contributed by atoms with Gasteiger partial charge in [-0.25, -0.2) is 0 Å². The molecule has 1 fully saturated rings. The number of nitrogens with one attached hydrogen (secondary N) is 1. The number of ether oxygens (including phenoxy) is 2. The fourth-order valence-electron chi connectivity index (χ4n) is 3.98. The maximum absolute atomic E-state index is 12.8. The number of benzene rings is 2. The molecular weight excluding hydrogens is 376 g/mol. The van der Waals surface area contributed by atoms with Crippen LogP contribution < -0.4 is 15.8 Å². The fraction of sp³-hybridized carbons (Fsp3) is 0.409. The van der Waals surface area contributed by atoms with E-state index in [-0.39, 0.29) is 30.3 Å². The fourth-order valence-corrected chi connectivity index (χ4v) is 3.98. The van der Waals surface area contributed by atoms with Gasteiger partial charge >= 0.3 is 0 Å². The Morgan fingerprint density at radius 2 is 1.75 bits per heavy atom. The van der Waals surface area contributed by atoms with Crippen LogP contribution in [0.2, 0.25) is 0 Å². The van der Waals surface area contributed by atoms with Gasteiger partial charge in [-0.2, -0.15) is 0 Å². The zero-order chi connectivity index (χ0) is 18.6. The second-order valence-corrected chi connectivity index (χ2v) is 7.26. The van der Waals surface area contributed by atoms with E-state index >= 15 is 0 Å². The van der Waals surface area contributed by atoms with Crippen LogP contribution in [0, 0.1) is 5.92 Å². The number of rotatable bonds is 4. The number of nitrogens with two attached hydrogens (primary N) is 1. The van der Waals surface area contributed by atoms with Crippen molar-refractivity contribution in [3.63, 3.8) is 0 Å². The molecule has 1 saturated heterocycles. The largest absolute Gasteiger partial charge is 0.492 e. The zero-order valence-corrected chi connectivity index (χ0v) is 16.6. The van der Waals surface area contributed by atoms with Crippen LogP contribution in [0.1, 0.15) is 30.9 Å². The van der Waals surface area contributed by atoms with E-state index < -0.39 is 6.04 Å². The number of para-hydroxylation sites is 1. The Morgan fingerprint density at radius 3 is 2.50 bits per heavy atom. The third kappa shape index (κ3) is 4.32. The quantitative estimate of drug-likeness (QED) is 0.821. The summed E-state index contributed by atoms with van der Waals surface area (Å²) in [6.07, 6.45) is 2.44. The van der Waals surface area contributed by atoms with Crippen LogP contribution in [0.15, 0.2) is 48.5 Å². The van der Waals surface area contributed by atoms with Crippen molar-refractivity contribution in [2.24, 2.45) is 11.7 Å². The number of hydrogen-bond donors (Lipinski definition) is 2. The standard InChI is InChI=1S/C22H26N2O3.ClH/c23-20(16-9-12-26-13-10-16)22(25)24-19-11-14-27-21-17(7-4-8-18(19)21)15-5-2-1-3-6-15;/h1-8,16,19-20H,9-14,23H2,(H,24,25);1H. The minimum absolute atomic E-state index is 0. The van der Waals surface area contributed by atoms with Crippen LogP contribution in [-0.2, 0) is 9.53 Å². The molecule has 2 atom stereocenters. The van der Waals surface area contributed by atoms with Crippen LogP contribution >= 0.6 is 12.4 Å². The Bertz CT molecular complexity index is 794. The van der Waals surface area contributed by atoms with Gasteiger partial charge in [0.1, 0.15) is 5.75 Å². The van der Waals surface area contributed by atoms with Gasteiger partial charge in [-0.15, -0.1) is 12.4 Å². The van der Waals surface area contributed by atoms with Crippen molar-refractivity contribution in [2.75, 3.05) is 19.8 Å². The van der Waals surface area contributed by atoms with E-state index in [9.17, 15) is 4.79 Å². The highest BCUT2D eigenvalue weighted by atomic mass is 35.5. The minimum atomic E-state index is -0.488. The summed E-state index contributed by atoms with van der Waals surface area (Å²) in [5.41, 5.74) is 9.44. The predicted octanol–water partition coefficient (Wildman–Crippen LogP) is 3.47. The molecule has 3 N–H and O–H groups in total. The highest BCUT2D eigenvalue weighted by Gasteiger charge is 2.30. The molecule has 2 heterocycles. The third-order valence-corrected chi connectivity index (χ3v) is 5.55. The van der Waals surface area contributed by atoms with E-state index in [1.54, 1.807) is 0 Å². The van der Waals surface area contributed by atoms with Crippen molar-refractivity contribution in [2.45, 2.75) is 31.3 Å². The number of amides is 1. The molecule has 2 aromatic rings. The van der Waals surface area contributed by atoms with Crippen LogP contribution in [0.25, 0.3) is 11.1 Å². The molecule has 2 unspecified atom stereocenters. The molecule has 4 rings (SSSR count). The number of carbonyl (C=O) groups excluding carboxylic acids is 1. The Balaban J connectivity index is 0.00000225. The Hall–Kier alpha value is -2.08. The summed E-state index contributed by atoms with van der Waals surface area (Å²) < 4.78 is 11.4. The van der Waals surface area contributed by atoms with Crippen molar-refractivity contribution in [1.29, 1.82) is 0 Å². The first-order valence-electron chi connectivity index (χ1n) is 9.69. The predicted molar refractivity (Wildman–Crippen MR) is 112 cm³/mol. The van der Waals surface area contributed by atoms with Crippen molar-refractivity contribution < 1.29 is 14.3 Å². The number of fused-ring (bicyclic) bond motifs is 1. The third-order valence-electron chi connectivity index (χ3n) is 5.55. The maximum Gasteiger partial charge on any atom is 0.237 e. The van der Waals surface area contributed by atoms with Crippen molar-refractivity contribution in [1.82, 2.24) is 5.32 Å². The average Bonchev–Trinajstić information content (AvgIpc) is 2.74. The topological polar surface area (TPSA) is 73.6 Å². The number of halogens is 1. The lowest BCUT2D eigenvalue weighted by atomic mass is 9.90. The molecule has 5 nitrogen and oxygen atoms in total. The molecule has 0 saturated carbocycles. The molecule has 2 aromatic carbocycles. The lowest BCUT2D eigenvalue weighted by Crippen LogP contribution is -2.48. The molecular formula is C22H27ClN2O3. The first-order valence-corrected chi connectivity index (χ1v) is 9.69. The lowest BCUT2D eigenvalue weighted by molar-refractivity contribution is -0.125. The lowest BCUT2D eigenvalue weighted by Gasteiger charge is -2.31. The highest BCUT2D eigenvalue weighted by molar-refractivity contribution is 5.85. The second-order valence-electron chi connectivity index (χ2n) is 7.26. The summed E-state index contributed by atoms with van der Waals surface area (Å²) in [5, 5.41) is 3.17. The van der Waals surface area contributed by atoms with Crippen molar-refractivity contribution >= 4 is 18.3 Å². The molecule has 0 bridgehead atoms. The summed E-state index contributed by atoms with van der Waals surface area (Å²) >= 11 is 0. The second kappa shape index (κ2) is 9.41. The number of hydrogen-bond acceptors (Lipinski definition) is 4. The summed E-state index contributed by atoms with van der Waals surface area (Å²) in [5.74, 6) is 0.971. The summed E-state index contributed by atoms with van der Waals surface area (Å²) in [7, 11) is 0. The van der Waals surface area contributed by atoms with Gasteiger partial charge < -0.3 is 20.5 Å². The van der Waals surface area contributed by atoms with Gasteiger partial charge in [-0.3, -0.25) is 4.79 Å². The Kier molecular flexibility index (Phi) is 6.94. The van der Waals surface area contributed by atoms with E-state index in [1.165, 1.54) is 0 Å². The van der Waals surface area contributed by atoms with Gasteiger partial charge in [-0.05, 0) is 24.3 Å². The van der Waals surface area contributed by atoms with Crippen LogP contribution in [0.5, 0.6) is 5.75 Å². The van der Waals surface area contributed by atoms with Crippen LogP contribution in [0.3, 0.4) is 0 Å². The SMILES string of the molecule is Cl.NC(C(=O)NC1CCOc2c(-c3ccccc3)cccc21)C1CCOCC1. The first kappa shape index (κ1) is 20.6. The molecule has 0 aromatic heterocycles. The van der Waals surface area contributed by atoms with Gasteiger partial charge in [0.15, 0.2) is 0 Å². The Morgan fingerprint density at radius 1 is 1.00 bits per heavy atom. The maximum atomic E-state index is 12.8. The average molecular weight is 403 g/mol. The molecule has 0 aliphatic carbocycles. The van der Waals surface area contributed by atoms with E-state index in [1.807, 2.05) is 30.3 Å². The molecule has 0 spiro atoms. The highest BCUT2D eigenvalue weighted by Crippen LogP contribution is 2.40. The van der Waals surface area contributed by atoms with Gasteiger partial charge in [0.2, 0.25) is 5.91 Å². The molecule has 150 valence electrons. The molecule has 28 heavy (non-hydrogen) atoms. The summed E-state index contributed by atoms with van der Waals surface area (Å²) in [4.78, 5) is 12.8. The first-order chi connectivity index (χ1) is 13.2.